The number of aliphatic hydroxyl groups is 1. The summed E-state index contributed by atoms with van der Waals surface area (Å²) in [4.78, 5) is 63.8. The lowest BCUT2D eigenvalue weighted by molar-refractivity contribution is -0.149. The maximum absolute atomic E-state index is 13.2. The summed E-state index contributed by atoms with van der Waals surface area (Å²) in [7, 11) is 0. The van der Waals surface area contributed by atoms with Crippen LogP contribution in [0.2, 0.25) is 0 Å². The quantitative estimate of drug-likeness (QED) is 0.384. The zero-order valence-electron chi connectivity index (χ0n) is 17.5. The number of aliphatic hydroxyl groups excluding tert-OH is 1. The lowest BCUT2D eigenvalue weighted by Crippen LogP contribution is -2.57. The Kier molecular flexibility index (Phi) is 7.77. The molecule has 30 heavy (non-hydrogen) atoms. The van der Waals surface area contributed by atoms with Crippen LogP contribution >= 0.6 is 0 Å². The molecule has 4 N–H and O–H groups in total. The number of carbonyl (C=O) groups is 5. The van der Waals surface area contributed by atoms with Crippen LogP contribution < -0.4 is 10.6 Å². The van der Waals surface area contributed by atoms with E-state index in [4.69, 9.17) is 5.11 Å². The first-order valence-electron chi connectivity index (χ1n) is 10.1. The lowest BCUT2D eigenvalue weighted by Gasteiger charge is -2.32. The number of carbonyl (C=O) groups excluding carboxylic acids is 4. The van der Waals surface area contributed by atoms with Crippen LogP contribution in [-0.4, -0.2) is 93.0 Å². The molecule has 0 saturated carbocycles. The topological polar surface area (TPSA) is 156 Å². The molecule has 0 bridgehead atoms. The number of aliphatic carboxylic acids is 1. The van der Waals surface area contributed by atoms with E-state index in [2.05, 4.69) is 10.6 Å². The van der Waals surface area contributed by atoms with Gasteiger partial charge in [-0.15, -0.1) is 0 Å². The van der Waals surface area contributed by atoms with Crippen molar-refractivity contribution in [3.05, 3.63) is 0 Å². The minimum atomic E-state index is -1.47. The van der Waals surface area contributed by atoms with E-state index in [0.29, 0.717) is 38.8 Å². The third-order valence-electron chi connectivity index (χ3n) is 5.50. The highest BCUT2D eigenvalue weighted by atomic mass is 16.4. The average Bonchev–Trinajstić information content (AvgIpc) is 3.32. The van der Waals surface area contributed by atoms with Gasteiger partial charge in [-0.2, -0.15) is 0 Å². The van der Waals surface area contributed by atoms with Gasteiger partial charge in [-0.1, -0.05) is 0 Å². The summed E-state index contributed by atoms with van der Waals surface area (Å²) in [6.07, 6.45) is 0.720. The number of rotatable bonds is 7. The first-order chi connectivity index (χ1) is 14.0. The van der Waals surface area contributed by atoms with Gasteiger partial charge in [0.1, 0.15) is 18.1 Å². The van der Waals surface area contributed by atoms with Crippen molar-refractivity contribution in [2.75, 3.05) is 13.1 Å². The molecule has 2 aliphatic heterocycles. The Morgan fingerprint density at radius 2 is 1.50 bits per heavy atom. The Labute approximate surface area is 174 Å². The molecule has 0 aliphatic carbocycles. The second-order valence-electron chi connectivity index (χ2n) is 7.87. The molecule has 0 aromatic carbocycles. The molecule has 2 aliphatic rings. The summed E-state index contributed by atoms with van der Waals surface area (Å²) in [5.41, 5.74) is 0. The fourth-order valence-corrected chi connectivity index (χ4v) is 4.04. The molecule has 0 aromatic heterocycles. The third-order valence-corrected chi connectivity index (χ3v) is 5.50. The van der Waals surface area contributed by atoms with Crippen LogP contribution in [0.3, 0.4) is 0 Å². The van der Waals surface area contributed by atoms with Crippen LogP contribution in [0.15, 0.2) is 0 Å². The number of carboxylic acids is 1. The van der Waals surface area contributed by atoms with Gasteiger partial charge < -0.3 is 30.6 Å². The van der Waals surface area contributed by atoms with E-state index in [1.54, 1.807) is 6.92 Å². The van der Waals surface area contributed by atoms with E-state index in [-0.39, 0.29) is 17.7 Å². The second kappa shape index (κ2) is 9.88. The third kappa shape index (κ3) is 5.26. The Morgan fingerprint density at radius 3 is 2.03 bits per heavy atom. The van der Waals surface area contributed by atoms with Crippen LogP contribution in [0, 0.1) is 0 Å². The van der Waals surface area contributed by atoms with E-state index in [1.807, 2.05) is 0 Å². The largest absolute Gasteiger partial charge is 0.480 e. The summed E-state index contributed by atoms with van der Waals surface area (Å²) >= 11 is 0. The summed E-state index contributed by atoms with van der Waals surface area (Å²) in [6.45, 7) is 4.82. The predicted octanol–water partition coefficient (Wildman–Crippen LogP) is -1.56. The van der Waals surface area contributed by atoms with Gasteiger partial charge in [-0.05, 0) is 39.5 Å². The van der Waals surface area contributed by atoms with Crippen molar-refractivity contribution in [2.24, 2.45) is 0 Å². The van der Waals surface area contributed by atoms with E-state index < -0.39 is 42.1 Å². The molecule has 11 heteroatoms. The minimum Gasteiger partial charge on any atom is -0.480 e. The highest BCUT2D eigenvalue weighted by Crippen LogP contribution is 2.25. The van der Waals surface area contributed by atoms with Crippen molar-refractivity contribution in [3.8, 4) is 0 Å². The summed E-state index contributed by atoms with van der Waals surface area (Å²) in [5, 5.41) is 23.6. The zero-order chi connectivity index (χ0) is 22.6. The second-order valence-corrected chi connectivity index (χ2v) is 7.87. The normalized spacial score (nSPS) is 24.1. The molecule has 0 radical (unpaired) electrons. The zero-order valence-corrected chi connectivity index (χ0v) is 17.5. The van der Waals surface area contributed by atoms with Gasteiger partial charge in [0.2, 0.25) is 23.6 Å². The maximum Gasteiger partial charge on any atom is 0.328 e. The minimum absolute atomic E-state index is 0.323. The average molecular weight is 426 g/mol. The first kappa shape index (κ1) is 23.6. The number of nitrogens with one attached hydrogen (secondary N) is 2. The molecule has 4 amide bonds. The van der Waals surface area contributed by atoms with Crippen molar-refractivity contribution in [1.29, 1.82) is 0 Å². The van der Waals surface area contributed by atoms with Gasteiger partial charge in [0.05, 0.1) is 6.10 Å². The first-order valence-corrected chi connectivity index (χ1v) is 10.1. The summed E-state index contributed by atoms with van der Waals surface area (Å²) in [6, 6.07) is -3.83. The standard InChI is InChI=1S/C19H30N4O7/c1-10(20-12(3)25)17(27)23-9-5-7-14(23)18(28)22-8-4-6-13(22)16(26)21-15(11(2)24)19(29)30/h10-11,13-15,24H,4-9H2,1-3H3,(H,20,25)(H,21,26)(H,29,30)/t10-,11+,13-,14-,15-/m0/s1. The summed E-state index contributed by atoms with van der Waals surface area (Å²) in [5.74, 6) is -3.08. The Morgan fingerprint density at radius 1 is 0.933 bits per heavy atom. The molecule has 11 nitrogen and oxygen atoms in total. The van der Waals surface area contributed by atoms with Crippen LogP contribution in [-0.2, 0) is 24.0 Å². The predicted molar refractivity (Wildman–Crippen MR) is 104 cm³/mol. The SMILES string of the molecule is CC(=O)N[C@@H](C)C(=O)N1CCC[C@H]1C(=O)N1CCC[C@H]1C(=O)N[C@H](C(=O)O)[C@@H](C)O. The van der Waals surface area contributed by atoms with Gasteiger partial charge in [-0.3, -0.25) is 19.2 Å². The van der Waals surface area contributed by atoms with Crippen LogP contribution in [0.4, 0.5) is 0 Å². The van der Waals surface area contributed by atoms with Gasteiger partial charge >= 0.3 is 5.97 Å². The number of hydrogen-bond acceptors (Lipinski definition) is 6. The van der Waals surface area contributed by atoms with Crippen molar-refractivity contribution in [1.82, 2.24) is 20.4 Å². The Balaban J connectivity index is 2.10. The highest BCUT2D eigenvalue weighted by Gasteiger charge is 2.43. The van der Waals surface area contributed by atoms with Gasteiger partial charge in [0.25, 0.3) is 0 Å². The van der Waals surface area contributed by atoms with Gasteiger partial charge in [0, 0.05) is 20.0 Å². The number of amides is 4. The molecule has 5 atom stereocenters. The molecule has 2 fully saturated rings. The molecule has 0 spiro atoms. The molecule has 2 rings (SSSR count). The molecule has 168 valence electrons. The van der Waals surface area contributed by atoms with Crippen LogP contribution in [0.25, 0.3) is 0 Å². The van der Waals surface area contributed by atoms with E-state index >= 15 is 0 Å². The van der Waals surface area contributed by atoms with E-state index in [0.717, 1.165) is 0 Å². The summed E-state index contributed by atoms with van der Waals surface area (Å²) < 4.78 is 0. The molecule has 0 unspecified atom stereocenters. The monoisotopic (exact) mass is 426 g/mol. The van der Waals surface area contributed by atoms with Crippen LogP contribution in [0.1, 0.15) is 46.5 Å². The molecule has 0 aromatic rings. The van der Waals surface area contributed by atoms with Crippen molar-refractivity contribution in [2.45, 2.75) is 76.7 Å². The van der Waals surface area contributed by atoms with Crippen molar-refractivity contribution in [3.63, 3.8) is 0 Å². The molecule has 2 saturated heterocycles. The van der Waals surface area contributed by atoms with Crippen molar-refractivity contribution >= 4 is 29.6 Å². The molecular formula is C19H30N4O7. The number of likely N-dealkylation sites (tertiary alicyclic amines) is 2. The fourth-order valence-electron chi connectivity index (χ4n) is 4.04. The van der Waals surface area contributed by atoms with Gasteiger partial charge in [0.15, 0.2) is 6.04 Å². The fraction of sp³-hybridized carbons (Fsp3) is 0.737. The number of nitrogens with zero attached hydrogens (tertiary/aromatic N) is 2. The lowest BCUT2D eigenvalue weighted by atomic mass is 10.1. The van der Waals surface area contributed by atoms with E-state index in [1.165, 1.54) is 23.6 Å². The van der Waals surface area contributed by atoms with E-state index in [9.17, 15) is 29.1 Å². The highest BCUT2D eigenvalue weighted by molar-refractivity contribution is 5.95. The number of hydrogen-bond donors (Lipinski definition) is 4. The Bertz CT molecular complexity index is 711. The number of carboxylic acid groups (broad SMARTS) is 1. The van der Waals surface area contributed by atoms with Gasteiger partial charge in [-0.25, -0.2) is 4.79 Å². The maximum atomic E-state index is 13.2. The molecular weight excluding hydrogens is 396 g/mol. The van der Waals surface area contributed by atoms with Crippen molar-refractivity contribution < 1.29 is 34.2 Å². The smallest absolute Gasteiger partial charge is 0.328 e. The molecule has 2 heterocycles. The Hall–Kier alpha value is -2.69. The van der Waals surface area contributed by atoms with Crippen LogP contribution in [0.5, 0.6) is 0 Å².